The molecule has 0 aliphatic rings. The van der Waals surface area contributed by atoms with E-state index in [0.29, 0.717) is 22.8 Å². The quantitative estimate of drug-likeness (QED) is 0.794. The maximum Gasteiger partial charge on any atom is 0.356 e. The largest absolute Gasteiger partial charge is 0.493 e. The van der Waals surface area contributed by atoms with E-state index in [9.17, 15) is 4.79 Å². The van der Waals surface area contributed by atoms with Crippen molar-refractivity contribution in [3.05, 3.63) is 42.2 Å². The number of carboxylic acids is 1. The SMILES string of the molecule is COc1ccc(-c2ccc3ncc(C(=O)O)n3n2)cc1OC. The summed E-state index contributed by atoms with van der Waals surface area (Å²) in [5.74, 6) is 0.108. The van der Waals surface area contributed by atoms with Crippen LogP contribution in [0.3, 0.4) is 0 Å². The number of aromatic carboxylic acids is 1. The van der Waals surface area contributed by atoms with Gasteiger partial charge in [-0.25, -0.2) is 14.3 Å². The fraction of sp³-hybridized carbons (Fsp3) is 0.133. The van der Waals surface area contributed by atoms with Gasteiger partial charge in [0.15, 0.2) is 22.8 Å². The monoisotopic (exact) mass is 299 g/mol. The second-order valence-corrected chi connectivity index (χ2v) is 4.51. The molecule has 0 spiro atoms. The first-order chi connectivity index (χ1) is 10.6. The summed E-state index contributed by atoms with van der Waals surface area (Å²) in [6, 6.07) is 8.87. The molecule has 7 heteroatoms. The van der Waals surface area contributed by atoms with Crippen molar-refractivity contribution in [2.24, 2.45) is 0 Å². The van der Waals surface area contributed by atoms with Crippen LogP contribution < -0.4 is 9.47 Å². The highest BCUT2D eigenvalue weighted by atomic mass is 16.5. The van der Waals surface area contributed by atoms with Crippen LogP contribution >= 0.6 is 0 Å². The van der Waals surface area contributed by atoms with E-state index in [4.69, 9.17) is 14.6 Å². The van der Waals surface area contributed by atoms with Gasteiger partial charge < -0.3 is 14.6 Å². The average Bonchev–Trinajstić information content (AvgIpc) is 2.97. The maximum atomic E-state index is 11.2. The van der Waals surface area contributed by atoms with Gasteiger partial charge >= 0.3 is 5.97 Å². The number of aromatic nitrogens is 3. The number of ether oxygens (including phenoxy) is 2. The van der Waals surface area contributed by atoms with Gasteiger partial charge in [-0.05, 0) is 30.3 Å². The van der Waals surface area contributed by atoms with Gasteiger partial charge in [0.05, 0.1) is 26.1 Å². The van der Waals surface area contributed by atoms with Gasteiger partial charge in [-0.15, -0.1) is 0 Å². The average molecular weight is 299 g/mol. The number of nitrogens with zero attached hydrogens (tertiary/aromatic N) is 3. The van der Waals surface area contributed by atoms with Gasteiger partial charge in [-0.2, -0.15) is 5.10 Å². The van der Waals surface area contributed by atoms with Crippen molar-refractivity contribution in [1.82, 2.24) is 14.6 Å². The zero-order valence-corrected chi connectivity index (χ0v) is 12.0. The molecular weight excluding hydrogens is 286 g/mol. The molecule has 0 unspecified atom stereocenters. The number of carbonyl (C=O) groups is 1. The molecule has 1 N–H and O–H groups in total. The summed E-state index contributed by atoms with van der Waals surface area (Å²) in [7, 11) is 3.11. The molecule has 0 aliphatic heterocycles. The predicted octanol–water partition coefficient (Wildman–Crippen LogP) is 2.11. The van der Waals surface area contributed by atoms with Gasteiger partial charge in [0.2, 0.25) is 0 Å². The number of hydrogen-bond acceptors (Lipinski definition) is 5. The standard InChI is InChI=1S/C15H13N3O4/c1-21-12-5-3-9(7-13(12)22-2)10-4-6-14-16-8-11(15(19)20)18(14)17-10/h3-8H,1-2H3,(H,19,20). The fourth-order valence-corrected chi connectivity index (χ4v) is 2.17. The van der Waals surface area contributed by atoms with Gasteiger partial charge in [0, 0.05) is 5.56 Å². The zero-order chi connectivity index (χ0) is 15.7. The Morgan fingerprint density at radius 1 is 1.14 bits per heavy atom. The van der Waals surface area contributed by atoms with E-state index >= 15 is 0 Å². The first-order valence-corrected chi connectivity index (χ1v) is 6.44. The summed E-state index contributed by atoms with van der Waals surface area (Å²) in [5.41, 5.74) is 1.87. The van der Waals surface area contributed by atoms with Crippen molar-refractivity contribution in [2.45, 2.75) is 0 Å². The van der Waals surface area contributed by atoms with Gasteiger partial charge in [0.25, 0.3) is 0 Å². The lowest BCUT2D eigenvalue weighted by Crippen LogP contribution is -2.05. The van der Waals surface area contributed by atoms with Crippen molar-refractivity contribution >= 4 is 11.6 Å². The normalized spacial score (nSPS) is 10.6. The Morgan fingerprint density at radius 2 is 1.91 bits per heavy atom. The summed E-state index contributed by atoms with van der Waals surface area (Å²) in [5, 5.41) is 13.5. The van der Waals surface area contributed by atoms with E-state index in [1.54, 1.807) is 38.5 Å². The summed E-state index contributed by atoms with van der Waals surface area (Å²) in [6.45, 7) is 0. The summed E-state index contributed by atoms with van der Waals surface area (Å²) in [6.07, 6.45) is 1.28. The number of hydrogen-bond donors (Lipinski definition) is 1. The minimum absolute atomic E-state index is 0.0114. The van der Waals surface area contributed by atoms with Crippen molar-refractivity contribution in [2.75, 3.05) is 14.2 Å². The Bertz CT molecular complexity index is 857. The third kappa shape index (κ3) is 2.22. The van der Waals surface area contributed by atoms with E-state index in [-0.39, 0.29) is 5.69 Å². The van der Waals surface area contributed by atoms with Crippen LogP contribution in [0.1, 0.15) is 10.5 Å². The topological polar surface area (TPSA) is 86.0 Å². The number of carboxylic acid groups (broad SMARTS) is 1. The Labute approximate surface area is 125 Å². The smallest absolute Gasteiger partial charge is 0.356 e. The first kappa shape index (κ1) is 13.9. The van der Waals surface area contributed by atoms with Crippen molar-refractivity contribution < 1.29 is 19.4 Å². The van der Waals surface area contributed by atoms with Crippen molar-refractivity contribution in [3.8, 4) is 22.8 Å². The summed E-state index contributed by atoms with van der Waals surface area (Å²) in [4.78, 5) is 15.2. The van der Waals surface area contributed by atoms with E-state index in [0.717, 1.165) is 5.56 Å². The number of benzene rings is 1. The molecular formula is C15H13N3O4. The Hall–Kier alpha value is -3.09. The molecule has 0 aliphatic carbocycles. The molecule has 3 aromatic rings. The highest BCUT2D eigenvalue weighted by molar-refractivity contribution is 5.86. The van der Waals surface area contributed by atoms with Crippen LogP contribution in [0.4, 0.5) is 0 Å². The van der Waals surface area contributed by atoms with Gasteiger partial charge in [-0.3, -0.25) is 0 Å². The minimum atomic E-state index is -1.08. The second kappa shape index (κ2) is 5.36. The van der Waals surface area contributed by atoms with E-state index < -0.39 is 5.97 Å². The highest BCUT2D eigenvalue weighted by Gasteiger charge is 2.13. The molecule has 2 heterocycles. The Balaban J connectivity index is 2.13. The lowest BCUT2D eigenvalue weighted by molar-refractivity contribution is 0.0688. The summed E-state index contributed by atoms with van der Waals surface area (Å²) < 4.78 is 11.8. The molecule has 0 saturated heterocycles. The molecule has 0 amide bonds. The van der Waals surface area contributed by atoms with Gasteiger partial charge in [0.1, 0.15) is 0 Å². The number of rotatable bonds is 4. The van der Waals surface area contributed by atoms with Crippen LogP contribution in [0.2, 0.25) is 0 Å². The lowest BCUT2D eigenvalue weighted by atomic mass is 10.1. The molecule has 3 rings (SSSR count). The molecule has 0 fully saturated rings. The van der Waals surface area contributed by atoms with Crippen LogP contribution in [0.15, 0.2) is 36.5 Å². The minimum Gasteiger partial charge on any atom is -0.493 e. The molecule has 0 radical (unpaired) electrons. The second-order valence-electron chi connectivity index (χ2n) is 4.51. The molecule has 0 atom stereocenters. The van der Waals surface area contributed by atoms with E-state index in [1.807, 2.05) is 6.07 Å². The molecule has 22 heavy (non-hydrogen) atoms. The van der Waals surface area contributed by atoms with Crippen LogP contribution in [0.25, 0.3) is 16.9 Å². The third-order valence-electron chi connectivity index (χ3n) is 3.26. The molecule has 112 valence electrons. The van der Waals surface area contributed by atoms with E-state index in [2.05, 4.69) is 10.1 Å². The fourth-order valence-electron chi connectivity index (χ4n) is 2.17. The molecule has 7 nitrogen and oxygen atoms in total. The molecule has 0 saturated carbocycles. The highest BCUT2D eigenvalue weighted by Crippen LogP contribution is 2.31. The number of imidazole rings is 1. The Morgan fingerprint density at radius 3 is 2.59 bits per heavy atom. The van der Waals surface area contributed by atoms with Crippen molar-refractivity contribution in [3.63, 3.8) is 0 Å². The van der Waals surface area contributed by atoms with E-state index in [1.165, 1.54) is 10.7 Å². The van der Waals surface area contributed by atoms with Crippen LogP contribution in [0, 0.1) is 0 Å². The lowest BCUT2D eigenvalue weighted by Gasteiger charge is -2.09. The molecule has 2 aromatic heterocycles. The zero-order valence-electron chi connectivity index (χ0n) is 12.0. The Kier molecular flexibility index (Phi) is 3.38. The summed E-state index contributed by atoms with van der Waals surface area (Å²) >= 11 is 0. The van der Waals surface area contributed by atoms with Gasteiger partial charge in [-0.1, -0.05) is 0 Å². The van der Waals surface area contributed by atoms with Crippen molar-refractivity contribution in [1.29, 1.82) is 0 Å². The maximum absolute atomic E-state index is 11.2. The number of methoxy groups -OCH3 is 2. The van der Waals surface area contributed by atoms with Crippen LogP contribution in [0.5, 0.6) is 11.5 Å². The predicted molar refractivity (Wildman–Crippen MR) is 78.5 cm³/mol. The third-order valence-corrected chi connectivity index (χ3v) is 3.26. The first-order valence-electron chi connectivity index (χ1n) is 6.44. The molecule has 0 bridgehead atoms. The van der Waals surface area contributed by atoms with Crippen LogP contribution in [-0.2, 0) is 0 Å². The molecule has 1 aromatic carbocycles. The number of fused-ring (bicyclic) bond motifs is 1. The van der Waals surface area contributed by atoms with Crippen LogP contribution in [-0.4, -0.2) is 39.9 Å².